The molecule has 1 N–H and O–H groups in total. The van der Waals surface area contributed by atoms with Gasteiger partial charge in [-0.2, -0.15) is 15.0 Å². The fourth-order valence-electron chi connectivity index (χ4n) is 1.86. The molecule has 108 valence electrons. The van der Waals surface area contributed by atoms with Crippen molar-refractivity contribution in [3.05, 3.63) is 10.6 Å². The lowest BCUT2D eigenvalue weighted by Crippen LogP contribution is -2.06. The number of halogens is 2. The molecule has 0 spiro atoms. The van der Waals surface area contributed by atoms with Gasteiger partial charge in [-0.05, 0) is 29.6 Å². The van der Waals surface area contributed by atoms with Crippen molar-refractivity contribution in [1.29, 1.82) is 0 Å². The van der Waals surface area contributed by atoms with Gasteiger partial charge in [0.15, 0.2) is 0 Å². The molecule has 0 fully saturated rings. The lowest BCUT2D eigenvalue weighted by atomic mass is 10.1. The number of unbranched alkanes of at least 4 members (excludes halogenated alkanes) is 7. The number of rotatable bonds is 10. The molecule has 0 aliphatic carbocycles. The number of anilines is 1. The summed E-state index contributed by atoms with van der Waals surface area (Å²) in [4.78, 5) is 11.6. The summed E-state index contributed by atoms with van der Waals surface area (Å²) < 4.78 is 0. The number of hydrogen-bond acceptors (Lipinski definition) is 4. The molecule has 1 aromatic heterocycles. The third-order valence-corrected chi connectivity index (χ3v) is 3.23. The molecule has 1 aromatic rings. The molecule has 0 unspecified atom stereocenters. The molecule has 0 aliphatic rings. The van der Waals surface area contributed by atoms with Crippen LogP contribution in [0.25, 0.3) is 0 Å². The molecule has 0 saturated carbocycles. The fraction of sp³-hybridized carbons (Fsp3) is 0.769. The van der Waals surface area contributed by atoms with Crippen molar-refractivity contribution in [3.8, 4) is 0 Å². The van der Waals surface area contributed by atoms with E-state index >= 15 is 0 Å². The summed E-state index contributed by atoms with van der Waals surface area (Å²) in [5.74, 6) is 0.452. The Morgan fingerprint density at radius 3 is 1.89 bits per heavy atom. The first-order valence-corrected chi connectivity index (χ1v) is 7.79. The summed E-state index contributed by atoms with van der Waals surface area (Å²) in [6, 6.07) is 0. The van der Waals surface area contributed by atoms with E-state index in [2.05, 4.69) is 27.2 Å². The molecule has 6 heteroatoms. The molecule has 0 saturated heterocycles. The lowest BCUT2D eigenvalue weighted by molar-refractivity contribution is 0.580. The summed E-state index contributed by atoms with van der Waals surface area (Å²) in [6.45, 7) is 3.08. The van der Waals surface area contributed by atoms with E-state index in [1.54, 1.807) is 0 Å². The SMILES string of the molecule is CCCCCCCCCCNc1nc(Cl)nc(Cl)n1. The lowest BCUT2D eigenvalue weighted by Gasteiger charge is -2.05. The monoisotopic (exact) mass is 304 g/mol. The minimum absolute atomic E-state index is 0.124. The zero-order valence-corrected chi connectivity index (χ0v) is 13.0. The van der Waals surface area contributed by atoms with Crippen molar-refractivity contribution in [2.24, 2.45) is 0 Å². The van der Waals surface area contributed by atoms with E-state index < -0.39 is 0 Å². The van der Waals surface area contributed by atoms with E-state index in [0.29, 0.717) is 5.95 Å². The van der Waals surface area contributed by atoms with Gasteiger partial charge < -0.3 is 5.32 Å². The van der Waals surface area contributed by atoms with Crippen LogP contribution < -0.4 is 5.32 Å². The Hall–Kier alpha value is -0.610. The van der Waals surface area contributed by atoms with Crippen LogP contribution in [-0.2, 0) is 0 Å². The highest BCUT2D eigenvalue weighted by Crippen LogP contribution is 2.11. The molecule has 19 heavy (non-hydrogen) atoms. The molecule has 1 rings (SSSR count). The van der Waals surface area contributed by atoms with Gasteiger partial charge in [0.25, 0.3) is 0 Å². The highest BCUT2D eigenvalue weighted by atomic mass is 35.5. The molecule has 1 heterocycles. The van der Waals surface area contributed by atoms with Gasteiger partial charge in [-0.25, -0.2) is 0 Å². The second kappa shape index (κ2) is 10.2. The standard InChI is InChI=1S/C13H22Cl2N4/c1-2-3-4-5-6-7-8-9-10-16-13-18-11(14)17-12(15)19-13/h2-10H2,1H3,(H,16,17,18,19). The van der Waals surface area contributed by atoms with Crippen LogP contribution in [0.3, 0.4) is 0 Å². The maximum Gasteiger partial charge on any atom is 0.228 e. The van der Waals surface area contributed by atoms with Gasteiger partial charge in [-0.15, -0.1) is 0 Å². The average molecular weight is 305 g/mol. The van der Waals surface area contributed by atoms with Crippen LogP contribution in [0.4, 0.5) is 5.95 Å². The van der Waals surface area contributed by atoms with Crippen LogP contribution in [0.1, 0.15) is 58.3 Å². The van der Waals surface area contributed by atoms with E-state index in [9.17, 15) is 0 Å². The van der Waals surface area contributed by atoms with Crippen molar-refractivity contribution in [1.82, 2.24) is 15.0 Å². The predicted octanol–water partition coefficient (Wildman–Crippen LogP) is 4.73. The Labute approximate surface area is 125 Å². The van der Waals surface area contributed by atoms with Crippen molar-refractivity contribution in [2.75, 3.05) is 11.9 Å². The van der Waals surface area contributed by atoms with Gasteiger partial charge in [-0.3, -0.25) is 0 Å². The second-order valence-electron chi connectivity index (χ2n) is 4.60. The van der Waals surface area contributed by atoms with Crippen molar-refractivity contribution >= 4 is 29.2 Å². The zero-order valence-electron chi connectivity index (χ0n) is 11.5. The molecule has 0 amide bonds. The van der Waals surface area contributed by atoms with E-state index in [-0.39, 0.29) is 10.6 Å². The third kappa shape index (κ3) is 8.22. The number of aromatic nitrogens is 3. The maximum absolute atomic E-state index is 5.69. The molecule has 0 aliphatic heterocycles. The molecule has 0 radical (unpaired) electrons. The molecular weight excluding hydrogens is 283 g/mol. The molecule has 0 atom stereocenters. The van der Waals surface area contributed by atoms with Crippen LogP contribution in [0.2, 0.25) is 10.6 Å². The highest BCUT2D eigenvalue weighted by Gasteiger charge is 2.01. The van der Waals surface area contributed by atoms with Crippen LogP contribution in [0.5, 0.6) is 0 Å². The maximum atomic E-state index is 5.69. The van der Waals surface area contributed by atoms with Gasteiger partial charge in [-0.1, -0.05) is 51.9 Å². The second-order valence-corrected chi connectivity index (χ2v) is 5.27. The van der Waals surface area contributed by atoms with E-state index in [4.69, 9.17) is 23.2 Å². The van der Waals surface area contributed by atoms with Crippen LogP contribution in [-0.4, -0.2) is 21.5 Å². The first-order chi connectivity index (χ1) is 9.22. The fourth-order valence-corrected chi connectivity index (χ4v) is 2.23. The number of hydrogen-bond donors (Lipinski definition) is 1. The van der Waals surface area contributed by atoms with Crippen molar-refractivity contribution in [2.45, 2.75) is 58.3 Å². The summed E-state index contributed by atoms with van der Waals surface area (Å²) in [5, 5.41) is 3.35. The molecular formula is C13H22Cl2N4. The highest BCUT2D eigenvalue weighted by molar-refractivity contribution is 6.31. The van der Waals surface area contributed by atoms with Gasteiger partial charge in [0.2, 0.25) is 16.5 Å². The minimum Gasteiger partial charge on any atom is -0.354 e. The van der Waals surface area contributed by atoms with Gasteiger partial charge >= 0.3 is 0 Å². The van der Waals surface area contributed by atoms with E-state index in [0.717, 1.165) is 13.0 Å². The average Bonchev–Trinajstić information content (AvgIpc) is 2.36. The first kappa shape index (κ1) is 16.4. The van der Waals surface area contributed by atoms with E-state index in [1.165, 1.54) is 44.9 Å². The van der Waals surface area contributed by atoms with Gasteiger partial charge in [0.05, 0.1) is 0 Å². The Morgan fingerprint density at radius 2 is 1.32 bits per heavy atom. The number of nitrogens with one attached hydrogen (secondary N) is 1. The summed E-state index contributed by atoms with van der Waals surface area (Å²) in [6.07, 6.45) is 10.4. The van der Waals surface area contributed by atoms with Crippen molar-refractivity contribution < 1.29 is 0 Å². The molecule has 4 nitrogen and oxygen atoms in total. The smallest absolute Gasteiger partial charge is 0.228 e. The summed E-state index contributed by atoms with van der Waals surface area (Å²) in [7, 11) is 0. The Balaban J connectivity index is 2.01. The van der Waals surface area contributed by atoms with Gasteiger partial charge in [0.1, 0.15) is 0 Å². The number of nitrogens with zero attached hydrogens (tertiary/aromatic N) is 3. The summed E-state index contributed by atoms with van der Waals surface area (Å²) in [5.41, 5.74) is 0. The van der Waals surface area contributed by atoms with E-state index in [1.807, 2.05) is 0 Å². The summed E-state index contributed by atoms with van der Waals surface area (Å²) >= 11 is 11.4. The first-order valence-electron chi connectivity index (χ1n) is 7.03. The topological polar surface area (TPSA) is 50.7 Å². The third-order valence-electron chi connectivity index (χ3n) is 2.89. The quantitative estimate of drug-likeness (QED) is 0.635. The van der Waals surface area contributed by atoms with Crippen LogP contribution in [0, 0.1) is 0 Å². The minimum atomic E-state index is 0.124. The largest absolute Gasteiger partial charge is 0.354 e. The molecule has 0 aromatic carbocycles. The predicted molar refractivity (Wildman–Crippen MR) is 80.9 cm³/mol. The van der Waals surface area contributed by atoms with Crippen molar-refractivity contribution in [3.63, 3.8) is 0 Å². The zero-order chi connectivity index (χ0) is 13.9. The Morgan fingerprint density at radius 1 is 0.789 bits per heavy atom. The van der Waals surface area contributed by atoms with Crippen LogP contribution >= 0.6 is 23.2 Å². The van der Waals surface area contributed by atoms with Crippen LogP contribution in [0.15, 0.2) is 0 Å². The Bertz CT molecular complexity index is 340. The van der Waals surface area contributed by atoms with Gasteiger partial charge in [0, 0.05) is 6.54 Å². The normalized spacial score (nSPS) is 10.7. The molecule has 0 bridgehead atoms. The Kier molecular flexibility index (Phi) is 8.84.